The molecule has 0 aromatic carbocycles. The van der Waals surface area contributed by atoms with Crippen LogP contribution in [0.3, 0.4) is 0 Å². The molecule has 0 spiro atoms. The van der Waals surface area contributed by atoms with E-state index in [0.29, 0.717) is 18.6 Å². The van der Waals surface area contributed by atoms with E-state index in [2.05, 4.69) is 11.0 Å². The van der Waals surface area contributed by atoms with Crippen LogP contribution >= 0.6 is 0 Å². The lowest BCUT2D eigenvalue weighted by atomic mass is 10.3. The summed E-state index contributed by atoms with van der Waals surface area (Å²) in [4.78, 5) is 11.3. The Bertz CT molecular complexity index is 363. The van der Waals surface area contributed by atoms with Gasteiger partial charge in [0, 0.05) is 19.2 Å². The summed E-state index contributed by atoms with van der Waals surface area (Å²) in [6.45, 7) is 2.87. The first-order chi connectivity index (χ1) is 7.27. The number of unbranched alkanes of at least 4 members (excludes halogenated alkanes) is 1. The van der Waals surface area contributed by atoms with Crippen LogP contribution in [0.2, 0.25) is 0 Å². The van der Waals surface area contributed by atoms with Gasteiger partial charge in [0.2, 0.25) is 0 Å². The highest BCUT2D eigenvalue weighted by Crippen LogP contribution is 2.02. The molecule has 1 aromatic rings. The number of carbonyl (C=O) groups excluding carboxylic acids is 1. The fourth-order valence-electron chi connectivity index (χ4n) is 1.15. The van der Waals surface area contributed by atoms with E-state index >= 15 is 0 Å². The predicted molar refractivity (Wildman–Crippen MR) is 56.3 cm³/mol. The molecule has 0 atom stereocenters. The number of rotatable bonds is 5. The molecule has 15 heavy (non-hydrogen) atoms. The van der Waals surface area contributed by atoms with Crippen molar-refractivity contribution in [3.63, 3.8) is 0 Å². The largest absolute Gasteiger partial charge is 0.462 e. The Morgan fingerprint density at radius 2 is 2.53 bits per heavy atom. The number of esters is 1. The zero-order valence-corrected chi connectivity index (χ0v) is 8.77. The minimum absolute atomic E-state index is 0.333. The lowest BCUT2D eigenvalue weighted by Crippen LogP contribution is -2.03. The van der Waals surface area contributed by atoms with Crippen molar-refractivity contribution in [3.05, 3.63) is 18.0 Å². The zero-order valence-electron chi connectivity index (χ0n) is 8.77. The van der Waals surface area contributed by atoms with Crippen molar-refractivity contribution in [1.82, 2.24) is 9.78 Å². The van der Waals surface area contributed by atoms with Crippen LogP contribution in [-0.4, -0.2) is 22.4 Å². The molecule has 0 radical (unpaired) electrons. The number of nitrogens with zero attached hydrogens (tertiary/aromatic N) is 2. The molecule has 0 unspecified atom stereocenters. The molecule has 0 amide bonds. The topological polar surface area (TPSA) is 44.1 Å². The standard InChI is InChI=1S/C11H14N2O2/c1-3-5-6-7-13-9-10(8-12-13)11(14)15-4-2/h1,8-9H,4-7H2,2H3. The maximum Gasteiger partial charge on any atom is 0.341 e. The number of hydrogen-bond acceptors (Lipinski definition) is 3. The summed E-state index contributed by atoms with van der Waals surface area (Å²) < 4.78 is 6.54. The van der Waals surface area contributed by atoms with Crippen LogP contribution in [-0.2, 0) is 11.3 Å². The lowest BCUT2D eigenvalue weighted by Gasteiger charge is -1.98. The van der Waals surface area contributed by atoms with E-state index in [9.17, 15) is 4.79 Å². The molecule has 0 aliphatic carbocycles. The number of terminal acetylenes is 1. The highest BCUT2D eigenvalue weighted by atomic mass is 16.5. The molecule has 1 rings (SSSR count). The minimum Gasteiger partial charge on any atom is -0.462 e. The minimum atomic E-state index is -0.333. The first kappa shape index (κ1) is 11.3. The van der Waals surface area contributed by atoms with E-state index < -0.39 is 0 Å². The van der Waals surface area contributed by atoms with Gasteiger partial charge < -0.3 is 4.74 Å². The van der Waals surface area contributed by atoms with E-state index in [-0.39, 0.29) is 5.97 Å². The van der Waals surface area contributed by atoms with Crippen molar-refractivity contribution in [2.75, 3.05) is 6.61 Å². The van der Waals surface area contributed by atoms with Gasteiger partial charge in [0.15, 0.2) is 0 Å². The van der Waals surface area contributed by atoms with Crippen LogP contribution in [0.25, 0.3) is 0 Å². The molecule has 1 heterocycles. The second-order valence-corrected chi connectivity index (χ2v) is 3.02. The van der Waals surface area contributed by atoms with Gasteiger partial charge in [-0.05, 0) is 13.3 Å². The van der Waals surface area contributed by atoms with Crippen molar-refractivity contribution in [3.8, 4) is 12.3 Å². The first-order valence-electron chi connectivity index (χ1n) is 4.91. The smallest absolute Gasteiger partial charge is 0.341 e. The molecular formula is C11H14N2O2. The maximum absolute atomic E-state index is 11.3. The average molecular weight is 206 g/mol. The number of hydrogen-bond donors (Lipinski definition) is 0. The van der Waals surface area contributed by atoms with Gasteiger partial charge in [-0.1, -0.05) is 0 Å². The van der Waals surface area contributed by atoms with Crippen LogP contribution in [0.5, 0.6) is 0 Å². The summed E-state index contributed by atoms with van der Waals surface area (Å²) in [6, 6.07) is 0. The molecular weight excluding hydrogens is 192 g/mol. The number of aryl methyl sites for hydroxylation is 1. The average Bonchev–Trinajstić information content (AvgIpc) is 2.67. The molecule has 1 aromatic heterocycles. The summed E-state index contributed by atoms with van der Waals surface area (Å²) in [6.07, 6.45) is 9.89. The summed E-state index contributed by atoms with van der Waals surface area (Å²) in [5, 5.41) is 4.04. The quantitative estimate of drug-likeness (QED) is 0.416. The molecule has 0 aliphatic rings. The Labute approximate surface area is 89.2 Å². The van der Waals surface area contributed by atoms with Crippen LogP contribution in [0, 0.1) is 12.3 Å². The van der Waals surface area contributed by atoms with Crippen LogP contribution in [0.1, 0.15) is 30.1 Å². The Kier molecular flexibility index (Phi) is 4.42. The molecule has 4 nitrogen and oxygen atoms in total. The second-order valence-electron chi connectivity index (χ2n) is 3.02. The molecule has 0 aliphatic heterocycles. The Balaban J connectivity index is 2.49. The van der Waals surface area contributed by atoms with Gasteiger partial charge in [0.05, 0.1) is 18.4 Å². The van der Waals surface area contributed by atoms with Gasteiger partial charge in [-0.15, -0.1) is 12.3 Å². The van der Waals surface area contributed by atoms with Crippen molar-refractivity contribution in [2.45, 2.75) is 26.3 Å². The van der Waals surface area contributed by atoms with Gasteiger partial charge in [0.1, 0.15) is 0 Å². The van der Waals surface area contributed by atoms with E-state index in [1.54, 1.807) is 17.8 Å². The highest BCUT2D eigenvalue weighted by molar-refractivity contribution is 5.88. The summed E-state index contributed by atoms with van der Waals surface area (Å²) in [5.74, 6) is 2.22. The molecule has 0 bridgehead atoms. The SMILES string of the molecule is C#CCCCn1cc(C(=O)OCC)cn1. The monoisotopic (exact) mass is 206 g/mol. The fourth-order valence-corrected chi connectivity index (χ4v) is 1.15. The Morgan fingerprint density at radius 3 is 3.20 bits per heavy atom. The second kappa shape index (κ2) is 5.86. The number of aromatic nitrogens is 2. The summed E-state index contributed by atoms with van der Waals surface area (Å²) in [5.41, 5.74) is 0.484. The Morgan fingerprint density at radius 1 is 1.73 bits per heavy atom. The third-order valence-corrected chi connectivity index (χ3v) is 1.85. The van der Waals surface area contributed by atoms with Crippen LogP contribution in [0.4, 0.5) is 0 Å². The molecule has 0 saturated heterocycles. The van der Waals surface area contributed by atoms with Crippen molar-refractivity contribution >= 4 is 5.97 Å². The van der Waals surface area contributed by atoms with Gasteiger partial charge in [-0.2, -0.15) is 5.10 Å². The zero-order chi connectivity index (χ0) is 11.1. The van der Waals surface area contributed by atoms with Crippen LogP contribution in [0.15, 0.2) is 12.4 Å². The fraction of sp³-hybridized carbons (Fsp3) is 0.455. The van der Waals surface area contributed by atoms with Gasteiger partial charge >= 0.3 is 5.97 Å². The number of ether oxygens (including phenoxy) is 1. The maximum atomic E-state index is 11.3. The van der Waals surface area contributed by atoms with Gasteiger partial charge in [-0.3, -0.25) is 4.68 Å². The molecule has 0 fully saturated rings. The van der Waals surface area contributed by atoms with Crippen molar-refractivity contribution < 1.29 is 9.53 Å². The highest BCUT2D eigenvalue weighted by Gasteiger charge is 2.08. The van der Waals surface area contributed by atoms with Crippen molar-refractivity contribution in [2.24, 2.45) is 0 Å². The molecule has 4 heteroatoms. The van der Waals surface area contributed by atoms with Gasteiger partial charge in [-0.25, -0.2) is 4.79 Å². The van der Waals surface area contributed by atoms with E-state index in [1.807, 2.05) is 0 Å². The van der Waals surface area contributed by atoms with E-state index in [4.69, 9.17) is 11.2 Å². The molecule has 80 valence electrons. The number of carbonyl (C=O) groups is 1. The van der Waals surface area contributed by atoms with Crippen molar-refractivity contribution in [1.29, 1.82) is 0 Å². The van der Waals surface area contributed by atoms with E-state index in [0.717, 1.165) is 13.0 Å². The lowest BCUT2D eigenvalue weighted by molar-refractivity contribution is 0.0526. The Hall–Kier alpha value is -1.76. The normalized spacial score (nSPS) is 9.60. The van der Waals surface area contributed by atoms with E-state index in [1.165, 1.54) is 6.20 Å². The third-order valence-electron chi connectivity index (χ3n) is 1.85. The molecule has 0 saturated carbocycles. The van der Waals surface area contributed by atoms with Gasteiger partial charge in [0.25, 0.3) is 0 Å². The summed E-state index contributed by atoms with van der Waals surface area (Å²) >= 11 is 0. The van der Waals surface area contributed by atoms with Crippen LogP contribution < -0.4 is 0 Å². The third kappa shape index (κ3) is 3.47. The summed E-state index contributed by atoms with van der Waals surface area (Å²) in [7, 11) is 0. The first-order valence-corrected chi connectivity index (χ1v) is 4.91. The predicted octanol–water partition coefficient (Wildman–Crippen LogP) is 1.47. The molecule has 0 N–H and O–H groups in total.